The van der Waals surface area contributed by atoms with Crippen molar-refractivity contribution in [2.45, 2.75) is 38.1 Å². The molecule has 0 aliphatic rings. The van der Waals surface area contributed by atoms with Gasteiger partial charge in [0.2, 0.25) is 5.91 Å². The van der Waals surface area contributed by atoms with Crippen LogP contribution >= 0.6 is 0 Å². The first-order valence-corrected chi connectivity index (χ1v) is 7.05. The number of phenolic OH excluding ortho intramolecular Hbond substituents is 1. The summed E-state index contributed by atoms with van der Waals surface area (Å²) in [6, 6.07) is 6.12. The molecule has 0 saturated heterocycles. The van der Waals surface area contributed by atoms with Crippen molar-refractivity contribution in [2.75, 3.05) is 13.2 Å². The fourth-order valence-corrected chi connectivity index (χ4v) is 1.91. The van der Waals surface area contributed by atoms with E-state index in [1.54, 1.807) is 24.3 Å². The third kappa shape index (κ3) is 6.54. The van der Waals surface area contributed by atoms with E-state index in [1.807, 2.05) is 0 Å². The van der Waals surface area contributed by atoms with Crippen LogP contribution in [0.3, 0.4) is 0 Å². The lowest BCUT2D eigenvalue weighted by Crippen LogP contribution is -2.42. The molecule has 112 valence electrons. The van der Waals surface area contributed by atoms with Gasteiger partial charge >= 0.3 is 0 Å². The van der Waals surface area contributed by atoms with E-state index < -0.39 is 6.04 Å². The topological polar surface area (TPSA) is 95.6 Å². The summed E-state index contributed by atoms with van der Waals surface area (Å²) in [6.45, 7) is 0.845. The molecule has 5 heteroatoms. The van der Waals surface area contributed by atoms with E-state index in [4.69, 9.17) is 10.8 Å². The van der Waals surface area contributed by atoms with Crippen LogP contribution in [0.2, 0.25) is 0 Å². The zero-order valence-electron chi connectivity index (χ0n) is 11.7. The Morgan fingerprint density at radius 2 is 1.80 bits per heavy atom. The largest absolute Gasteiger partial charge is 0.508 e. The summed E-state index contributed by atoms with van der Waals surface area (Å²) < 4.78 is 0. The van der Waals surface area contributed by atoms with E-state index in [9.17, 15) is 9.90 Å². The molecule has 0 unspecified atom stereocenters. The summed E-state index contributed by atoms with van der Waals surface area (Å²) in [5, 5.41) is 20.6. The van der Waals surface area contributed by atoms with Crippen LogP contribution < -0.4 is 11.1 Å². The lowest BCUT2D eigenvalue weighted by Gasteiger charge is -2.12. The minimum absolute atomic E-state index is 0.153. The molecule has 0 fully saturated rings. The summed E-state index contributed by atoms with van der Waals surface area (Å²) in [7, 11) is 0. The average Bonchev–Trinajstić information content (AvgIpc) is 2.45. The second-order valence-electron chi connectivity index (χ2n) is 4.91. The number of unbranched alkanes of at least 4 members (excludes halogenated alkanes) is 3. The van der Waals surface area contributed by atoms with Gasteiger partial charge in [0.25, 0.3) is 0 Å². The number of aliphatic hydroxyl groups is 1. The van der Waals surface area contributed by atoms with Gasteiger partial charge in [-0.2, -0.15) is 0 Å². The highest BCUT2D eigenvalue weighted by atomic mass is 16.3. The molecule has 5 nitrogen and oxygen atoms in total. The number of aromatic hydroxyl groups is 1. The Bertz CT molecular complexity index is 393. The number of nitrogens with two attached hydrogens (primary N) is 1. The SMILES string of the molecule is N[C@H](Cc1ccc(O)cc1)C(=O)NCCCCCCO. The maximum Gasteiger partial charge on any atom is 0.237 e. The predicted octanol–water partition coefficient (Wildman–Crippen LogP) is 0.931. The number of amides is 1. The monoisotopic (exact) mass is 280 g/mol. The highest BCUT2D eigenvalue weighted by molar-refractivity contribution is 5.81. The van der Waals surface area contributed by atoms with Crippen LogP contribution in [0.1, 0.15) is 31.2 Å². The molecule has 0 aliphatic carbocycles. The highest BCUT2D eigenvalue weighted by Gasteiger charge is 2.13. The maximum absolute atomic E-state index is 11.8. The molecule has 1 aromatic carbocycles. The second-order valence-corrected chi connectivity index (χ2v) is 4.91. The van der Waals surface area contributed by atoms with E-state index >= 15 is 0 Å². The van der Waals surface area contributed by atoms with E-state index in [-0.39, 0.29) is 18.3 Å². The predicted molar refractivity (Wildman–Crippen MR) is 78.3 cm³/mol. The average molecular weight is 280 g/mol. The normalized spacial score (nSPS) is 12.1. The lowest BCUT2D eigenvalue weighted by molar-refractivity contribution is -0.122. The van der Waals surface area contributed by atoms with Crippen molar-refractivity contribution < 1.29 is 15.0 Å². The summed E-state index contributed by atoms with van der Waals surface area (Å²) in [5.74, 6) is 0.0508. The number of hydrogen-bond acceptors (Lipinski definition) is 4. The quantitative estimate of drug-likeness (QED) is 0.506. The van der Waals surface area contributed by atoms with Gasteiger partial charge in [-0.05, 0) is 37.0 Å². The van der Waals surface area contributed by atoms with Gasteiger partial charge in [0.1, 0.15) is 5.75 Å². The van der Waals surface area contributed by atoms with Crippen molar-refractivity contribution in [1.82, 2.24) is 5.32 Å². The van der Waals surface area contributed by atoms with E-state index in [0.29, 0.717) is 13.0 Å². The number of phenols is 1. The third-order valence-corrected chi connectivity index (χ3v) is 3.11. The van der Waals surface area contributed by atoms with Crippen LogP contribution in [0.5, 0.6) is 5.75 Å². The van der Waals surface area contributed by atoms with Crippen molar-refractivity contribution in [1.29, 1.82) is 0 Å². The number of aliphatic hydroxyl groups excluding tert-OH is 1. The van der Waals surface area contributed by atoms with Crippen LogP contribution in [-0.2, 0) is 11.2 Å². The molecule has 5 N–H and O–H groups in total. The number of benzene rings is 1. The van der Waals surface area contributed by atoms with Gasteiger partial charge < -0.3 is 21.3 Å². The molecule has 0 aliphatic heterocycles. The Balaban J connectivity index is 2.20. The molecular formula is C15H24N2O3. The smallest absolute Gasteiger partial charge is 0.237 e. The molecule has 1 atom stereocenters. The van der Waals surface area contributed by atoms with Crippen LogP contribution in [0, 0.1) is 0 Å². The molecular weight excluding hydrogens is 256 g/mol. The van der Waals surface area contributed by atoms with Gasteiger partial charge in [-0.15, -0.1) is 0 Å². The third-order valence-electron chi connectivity index (χ3n) is 3.11. The Kier molecular flexibility index (Phi) is 7.69. The number of hydrogen-bond donors (Lipinski definition) is 4. The number of carbonyl (C=O) groups excluding carboxylic acids is 1. The van der Waals surface area contributed by atoms with Crippen molar-refractivity contribution in [3.63, 3.8) is 0 Å². The zero-order chi connectivity index (χ0) is 14.8. The summed E-state index contributed by atoms with van der Waals surface area (Å²) in [6.07, 6.45) is 4.14. The van der Waals surface area contributed by atoms with Crippen LogP contribution in [0.4, 0.5) is 0 Å². The summed E-state index contributed by atoms with van der Waals surface area (Å²) in [4.78, 5) is 11.8. The van der Waals surface area contributed by atoms with Crippen molar-refractivity contribution in [3.8, 4) is 5.75 Å². The zero-order valence-corrected chi connectivity index (χ0v) is 11.7. The first kappa shape index (κ1) is 16.5. The van der Waals surface area contributed by atoms with Gasteiger partial charge in [0.05, 0.1) is 6.04 Å². The van der Waals surface area contributed by atoms with Crippen LogP contribution in [0.15, 0.2) is 24.3 Å². The van der Waals surface area contributed by atoms with Crippen molar-refractivity contribution >= 4 is 5.91 Å². The molecule has 0 saturated carbocycles. The van der Waals surface area contributed by atoms with Crippen LogP contribution in [-0.4, -0.2) is 35.3 Å². The van der Waals surface area contributed by atoms with Gasteiger partial charge in [-0.25, -0.2) is 0 Å². The van der Waals surface area contributed by atoms with Gasteiger partial charge in [-0.1, -0.05) is 25.0 Å². The Morgan fingerprint density at radius 1 is 1.15 bits per heavy atom. The fraction of sp³-hybridized carbons (Fsp3) is 0.533. The fourth-order valence-electron chi connectivity index (χ4n) is 1.91. The first-order valence-electron chi connectivity index (χ1n) is 7.05. The van der Waals surface area contributed by atoms with E-state index in [2.05, 4.69) is 5.32 Å². The summed E-state index contributed by atoms with van der Waals surface area (Å²) in [5.41, 5.74) is 6.77. The molecule has 1 rings (SSSR count). The molecule has 0 spiro atoms. The van der Waals surface area contributed by atoms with Crippen LogP contribution in [0.25, 0.3) is 0 Å². The molecule has 1 aromatic rings. The Morgan fingerprint density at radius 3 is 2.45 bits per heavy atom. The van der Waals surface area contributed by atoms with Gasteiger partial charge in [0.15, 0.2) is 0 Å². The molecule has 0 heterocycles. The highest BCUT2D eigenvalue weighted by Crippen LogP contribution is 2.10. The standard InChI is InChI=1S/C15H24N2O3/c16-14(11-12-5-7-13(19)8-6-12)15(20)17-9-3-1-2-4-10-18/h5-8,14,18-19H,1-4,9-11,16H2,(H,17,20)/t14-/m1/s1. The second kappa shape index (κ2) is 9.34. The maximum atomic E-state index is 11.8. The van der Waals surface area contributed by atoms with E-state index in [0.717, 1.165) is 31.2 Å². The molecule has 0 radical (unpaired) electrons. The minimum atomic E-state index is -0.572. The summed E-state index contributed by atoms with van der Waals surface area (Å²) >= 11 is 0. The van der Waals surface area contributed by atoms with Crippen molar-refractivity contribution in [2.24, 2.45) is 5.73 Å². The Hall–Kier alpha value is -1.59. The minimum Gasteiger partial charge on any atom is -0.508 e. The number of carbonyl (C=O) groups is 1. The molecule has 0 aromatic heterocycles. The molecule has 1 amide bonds. The molecule has 20 heavy (non-hydrogen) atoms. The van der Waals surface area contributed by atoms with E-state index in [1.165, 1.54) is 0 Å². The number of rotatable bonds is 9. The molecule has 0 bridgehead atoms. The first-order chi connectivity index (χ1) is 9.63. The Labute approximate surface area is 119 Å². The van der Waals surface area contributed by atoms with Crippen molar-refractivity contribution in [3.05, 3.63) is 29.8 Å². The number of nitrogens with one attached hydrogen (secondary N) is 1. The van der Waals surface area contributed by atoms with Gasteiger partial charge in [-0.3, -0.25) is 4.79 Å². The lowest BCUT2D eigenvalue weighted by atomic mass is 10.1. The van der Waals surface area contributed by atoms with Gasteiger partial charge in [0, 0.05) is 13.2 Å².